The van der Waals surface area contributed by atoms with Gasteiger partial charge in [0, 0.05) is 21.7 Å². The second-order valence-electron chi connectivity index (χ2n) is 5.72. The minimum Gasteiger partial charge on any atom is -0.282 e. The molecule has 0 fully saturated rings. The standard InChI is InChI=1S/C19H18N2S/c1-12-8-14(3)16(9-13(12)2)18-6-7-19(22-18)17-5-4-15(10-20)11-21-17/h4,6-9H,5,11H2,1-3H3. The van der Waals surface area contributed by atoms with Gasteiger partial charge in [0.1, 0.15) is 0 Å². The van der Waals surface area contributed by atoms with Crippen molar-refractivity contribution in [3.8, 4) is 16.5 Å². The molecule has 22 heavy (non-hydrogen) atoms. The van der Waals surface area contributed by atoms with Crippen LogP contribution < -0.4 is 0 Å². The molecular formula is C19H18N2S. The van der Waals surface area contributed by atoms with Gasteiger partial charge >= 0.3 is 0 Å². The average Bonchev–Trinajstić information content (AvgIpc) is 3.00. The molecule has 0 N–H and O–H groups in total. The molecule has 3 rings (SSSR count). The first-order chi connectivity index (χ1) is 10.6. The van der Waals surface area contributed by atoms with Crippen LogP contribution in [0, 0.1) is 32.1 Å². The molecule has 1 aliphatic heterocycles. The summed E-state index contributed by atoms with van der Waals surface area (Å²) in [7, 11) is 0. The van der Waals surface area contributed by atoms with Crippen LogP contribution in [0.5, 0.6) is 0 Å². The molecule has 0 unspecified atom stereocenters. The summed E-state index contributed by atoms with van der Waals surface area (Å²) in [6.45, 7) is 7.00. The molecule has 0 saturated heterocycles. The smallest absolute Gasteiger partial charge is 0.0963 e. The van der Waals surface area contributed by atoms with Crippen molar-refractivity contribution in [1.82, 2.24) is 0 Å². The fourth-order valence-electron chi connectivity index (χ4n) is 2.65. The Kier molecular flexibility index (Phi) is 3.96. The molecule has 110 valence electrons. The lowest BCUT2D eigenvalue weighted by Gasteiger charge is -2.09. The van der Waals surface area contributed by atoms with Gasteiger partial charge in [0.15, 0.2) is 0 Å². The fourth-order valence-corrected chi connectivity index (χ4v) is 3.76. The highest BCUT2D eigenvalue weighted by Gasteiger charge is 2.13. The normalized spacial score (nSPS) is 14.3. The summed E-state index contributed by atoms with van der Waals surface area (Å²) >= 11 is 1.79. The van der Waals surface area contributed by atoms with Crippen LogP contribution >= 0.6 is 11.3 Å². The topological polar surface area (TPSA) is 36.1 Å². The van der Waals surface area contributed by atoms with Gasteiger partial charge < -0.3 is 0 Å². The summed E-state index contributed by atoms with van der Waals surface area (Å²) in [5.74, 6) is 0. The van der Waals surface area contributed by atoms with Crippen molar-refractivity contribution >= 4 is 17.0 Å². The minimum atomic E-state index is 0.516. The first-order valence-electron chi connectivity index (χ1n) is 7.39. The Morgan fingerprint density at radius 2 is 1.77 bits per heavy atom. The number of benzene rings is 1. The van der Waals surface area contributed by atoms with E-state index >= 15 is 0 Å². The van der Waals surface area contributed by atoms with Gasteiger partial charge in [-0.2, -0.15) is 5.26 Å². The van der Waals surface area contributed by atoms with Crippen molar-refractivity contribution in [3.05, 3.63) is 57.5 Å². The van der Waals surface area contributed by atoms with Crippen LogP contribution in [0.3, 0.4) is 0 Å². The highest BCUT2D eigenvalue weighted by atomic mass is 32.1. The highest BCUT2D eigenvalue weighted by molar-refractivity contribution is 7.17. The predicted molar refractivity (Wildman–Crippen MR) is 93.7 cm³/mol. The van der Waals surface area contributed by atoms with Crippen molar-refractivity contribution < 1.29 is 0 Å². The molecule has 0 radical (unpaired) electrons. The molecule has 0 aliphatic carbocycles. The molecule has 2 heterocycles. The molecule has 2 aromatic rings. The van der Waals surface area contributed by atoms with E-state index in [0.717, 1.165) is 17.7 Å². The van der Waals surface area contributed by atoms with Gasteiger partial charge in [-0.05, 0) is 55.2 Å². The minimum absolute atomic E-state index is 0.516. The van der Waals surface area contributed by atoms with Gasteiger partial charge in [0.25, 0.3) is 0 Å². The summed E-state index contributed by atoms with van der Waals surface area (Å²) < 4.78 is 0. The third-order valence-corrected chi connectivity index (χ3v) is 5.29. The van der Waals surface area contributed by atoms with Gasteiger partial charge in [-0.1, -0.05) is 18.2 Å². The van der Waals surface area contributed by atoms with E-state index < -0.39 is 0 Å². The highest BCUT2D eigenvalue weighted by Crippen LogP contribution is 2.33. The number of thiophene rings is 1. The van der Waals surface area contributed by atoms with Crippen LogP contribution in [-0.4, -0.2) is 12.3 Å². The molecular weight excluding hydrogens is 288 g/mol. The second-order valence-corrected chi connectivity index (χ2v) is 6.81. The zero-order chi connectivity index (χ0) is 15.7. The van der Waals surface area contributed by atoms with E-state index in [-0.39, 0.29) is 0 Å². The Bertz CT molecular complexity index is 832. The third-order valence-electron chi connectivity index (χ3n) is 4.12. The van der Waals surface area contributed by atoms with E-state index in [1.54, 1.807) is 11.3 Å². The molecule has 0 amide bonds. The van der Waals surface area contributed by atoms with Gasteiger partial charge in [-0.15, -0.1) is 11.3 Å². The zero-order valence-corrected chi connectivity index (χ0v) is 13.9. The molecule has 0 spiro atoms. The lowest BCUT2D eigenvalue weighted by Crippen LogP contribution is -2.04. The van der Waals surface area contributed by atoms with Crippen LogP contribution in [0.2, 0.25) is 0 Å². The quantitative estimate of drug-likeness (QED) is 0.770. The molecule has 3 heteroatoms. The van der Waals surface area contributed by atoms with Crippen molar-refractivity contribution in [2.24, 2.45) is 4.99 Å². The zero-order valence-electron chi connectivity index (χ0n) is 13.1. The molecule has 0 atom stereocenters. The maximum absolute atomic E-state index is 8.89. The lowest BCUT2D eigenvalue weighted by atomic mass is 10.00. The number of allylic oxidation sites excluding steroid dienone is 1. The molecule has 1 aliphatic rings. The molecule has 2 nitrogen and oxygen atoms in total. The van der Waals surface area contributed by atoms with E-state index in [4.69, 9.17) is 5.26 Å². The summed E-state index contributed by atoms with van der Waals surface area (Å²) in [5.41, 5.74) is 7.15. The van der Waals surface area contributed by atoms with Crippen molar-refractivity contribution in [3.63, 3.8) is 0 Å². The van der Waals surface area contributed by atoms with Gasteiger partial charge in [-0.3, -0.25) is 4.99 Å². The number of aryl methyl sites for hydroxylation is 3. The van der Waals surface area contributed by atoms with E-state index in [1.165, 1.54) is 32.0 Å². The summed E-state index contributed by atoms with van der Waals surface area (Å²) in [6.07, 6.45) is 2.75. The Hall–Kier alpha value is -2.18. The number of hydrogen-bond acceptors (Lipinski definition) is 3. The summed E-state index contributed by atoms with van der Waals surface area (Å²) in [5, 5.41) is 8.89. The SMILES string of the molecule is Cc1cc(C)c(-c2ccc(C3=NCC(C#N)=CC3)s2)cc1C. The average molecular weight is 306 g/mol. The Morgan fingerprint density at radius 1 is 1.05 bits per heavy atom. The molecule has 0 bridgehead atoms. The van der Waals surface area contributed by atoms with E-state index in [9.17, 15) is 0 Å². The van der Waals surface area contributed by atoms with Crippen molar-refractivity contribution in [2.45, 2.75) is 27.2 Å². The number of nitriles is 1. The number of dihydropyridines is 1. The van der Waals surface area contributed by atoms with Crippen LogP contribution in [0.4, 0.5) is 0 Å². The number of nitrogens with zero attached hydrogens (tertiary/aromatic N) is 2. The third kappa shape index (κ3) is 2.75. The number of hydrogen-bond donors (Lipinski definition) is 0. The first-order valence-corrected chi connectivity index (χ1v) is 8.21. The number of rotatable bonds is 2. The van der Waals surface area contributed by atoms with E-state index in [2.05, 4.69) is 56.1 Å². The van der Waals surface area contributed by atoms with Crippen LogP contribution in [-0.2, 0) is 0 Å². The maximum Gasteiger partial charge on any atom is 0.0963 e. The Labute approximate surface area is 135 Å². The van der Waals surface area contributed by atoms with Crippen LogP contribution in [0.25, 0.3) is 10.4 Å². The van der Waals surface area contributed by atoms with Crippen molar-refractivity contribution in [2.75, 3.05) is 6.54 Å². The largest absolute Gasteiger partial charge is 0.282 e. The molecule has 1 aromatic carbocycles. The van der Waals surface area contributed by atoms with Gasteiger partial charge in [0.2, 0.25) is 0 Å². The van der Waals surface area contributed by atoms with Crippen LogP contribution in [0.15, 0.2) is 40.9 Å². The number of aliphatic imine (C=N–C) groups is 1. The second kappa shape index (κ2) is 5.90. The summed E-state index contributed by atoms with van der Waals surface area (Å²) in [4.78, 5) is 7.04. The van der Waals surface area contributed by atoms with Crippen LogP contribution in [0.1, 0.15) is 28.0 Å². The predicted octanol–water partition coefficient (Wildman–Crippen LogP) is 4.98. The monoisotopic (exact) mass is 306 g/mol. The summed E-state index contributed by atoms with van der Waals surface area (Å²) in [6, 6.07) is 11.0. The van der Waals surface area contributed by atoms with Gasteiger partial charge in [0.05, 0.1) is 18.3 Å². The fraction of sp³-hybridized carbons (Fsp3) is 0.263. The van der Waals surface area contributed by atoms with Crippen molar-refractivity contribution in [1.29, 1.82) is 5.26 Å². The Balaban J connectivity index is 1.91. The maximum atomic E-state index is 8.89. The molecule has 0 saturated carbocycles. The molecule has 1 aromatic heterocycles. The Morgan fingerprint density at radius 3 is 2.45 bits per heavy atom. The van der Waals surface area contributed by atoms with E-state index in [0.29, 0.717) is 6.54 Å². The van der Waals surface area contributed by atoms with Gasteiger partial charge in [-0.25, -0.2) is 0 Å². The lowest BCUT2D eigenvalue weighted by molar-refractivity contribution is 1.12. The first kappa shape index (κ1) is 14.7. The van der Waals surface area contributed by atoms with E-state index in [1.807, 2.05) is 6.08 Å².